The van der Waals surface area contributed by atoms with E-state index in [4.69, 9.17) is 0 Å². The first-order valence-corrected chi connectivity index (χ1v) is 5.53. The van der Waals surface area contributed by atoms with Crippen molar-refractivity contribution in [1.82, 2.24) is 4.90 Å². The van der Waals surface area contributed by atoms with E-state index in [1.165, 1.54) is 0 Å². The van der Waals surface area contributed by atoms with Gasteiger partial charge in [0.25, 0.3) is 5.92 Å². The highest BCUT2D eigenvalue weighted by Crippen LogP contribution is 2.31. The van der Waals surface area contributed by atoms with Crippen LogP contribution in [0.15, 0.2) is 36.6 Å². The summed E-state index contributed by atoms with van der Waals surface area (Å²) in [5.41, 5.74) is 1.77. The maximum Gasteiger partial charge on any atom is 0.266 e. The monoisotopic (exact) mass is 227 g/mol. The van der Waals surface area contributed by atoms with Crippen molar-refractivity contribution < 1.29 is 8.78 Å². The highest BCUT2D eigenvalue weighted by molar-refractivity contribution is 5.32. The molecule has 1 nitrogen and oxygen atoms in total. The molecule has 1 fully saturated rings. The fraction of sp³-hybridized carbons (Fsp3) is 0.538. The Kier molecular flexibility index (Phi) is 3.89. The van der Waals surface area contributed by atoms with E-state index < -0.39 is 5.92 Å². The quantitative estimate of drug-likeness (QED) is 0.663. The summed E-state index contributed by atoms with van der Waals surface area (Å²) in [6, 6.07) is 0. The van der Waals surface area contributed by atoms with Crippen molar-refractivity contribution in [1.29, 1.82) is 0 Å². The first kappa shape index (κ1) is 12.9. The second-order valence-electron chi connectivity index (χ2n) is 4.43. The molecule has 1 heterocycles. The number of rotatable bonds is 4. The highest BCUT2D eigenvalue weighted by Gasteiger charge is 2.38. The summed E-state index contributed by atoms with van der Waals surface area (Å²) in [5.74, 6) is -2.31. The van der Waals surface area contributed by atoms with Gasteiger partial charge in [0.05, 0.1) is 6.54 Å². The Labute approximate surface area is 96.1 Å². The van der Waals surface area contributed by atoms with Gasteiger partial charge in [0.2, 0.25) is 0 Å². The minimum atomic E-state index is -2.57. The van der Waals surface area contributed by atoms with Crippen molar-refractivity contribution in [2.45, 2.75) is 26.2 Å². The van der Waals surface area contributed by atoms with Crippen LogP contribution in [0.25, 0.3) is 0 Å². The number of allylic oxidation sites excluding steroid dienone is 3. The van der Waals surface area contributed by atoms with E-state index in [1.54, 1.807) is 17.1 Å². The molecule has 90 valence electrons. The lowest BCUT2D eigenvalue weighted by molar-refractivity contribution is 0.0153. The van der Waals surface area contributed by atoms with Gasteiger partial charge in [-0.3, -0.25) is 0 Å². The third-order valence-corrected chi connectivity index (χ3v) is 2.84. The summed E-state index contributed by atoms with van der Waals surface area (Å²) in [6.07, 6.45) is 3.31. The predicted octanol–water partition coefficient (Wildman–Crippen LogP) is 3.61. The number of likely N-dealkylation sites (tertiary alicyclic amines) is 1. The van der Waals surface area contributed by atoms with Crippen molar-refractivity contribution in [2.75, 3.05) is 13.1 Å². The van der Waals surface area contributed by atoms with Gasteiger partial charge < -0.3 is 4.90 Å². The smallest absolute Gasteiger partial charge is 0.266 e. The van der Waals surface area contributed by atoms with Gasteiger partial charge in [-0.15, -0.1) is 0 Å². The summed E-state index contributed by atoms with van der Waals surface area (Å²) in [6.45, 7) is 11.7. The van der Waals surface area contributed by atoms with Crippen LogP contribution in [0.4, 0.5) is 8.78 Å². The van der Waals surface area contributed by atoms with Crippen molar-refractivity contribution >= 4 is 0 Å². The number of hydrogen-bond donors (Lipinski definition) is 0. The Hall–Kier alpha value is -1.12. The van der Waals surface area contributed by atoms with E-state index in [9.17, 15) is 8.78 Å². The van der Waals surface area contributed by atoms with Gasteiger partial charge in [-0.05, 0) is 17.6 Å². The molecule has 0 atom stereocenters. The maximum atomic E-state index is 13.1. The van der Waals surface area contributed by atoms with Crippen LogP contribution in [0.3, 0.4) is 0 Å². The van der Waals surface area contributed by atoms with Gasteiger partial charge in [-0.1, -0.05) is 33.1 Å². The molecule has 0 spiro atoms. The summed E-state index contributed by atoms with van der Waals surface area (Å²) in [4.78, 5) is 1.70. The van der Waals surface area contributed by atoms with Gasteiger partial charge in [0.1, 0.15) is 0 Å². The number of alkyl halides is 2. The molecule has 0 aliphatic carbocycles. The van der Waals surface area contributed by atoms with E-state index in [0.29, 0.717) is 6.54 Å². The minimum absolute atomic E-state index is 0.0765. The molecule has 0 aromatic carbocycles. The lowest BCUT2D eigenvalue weighted by Crippen LogP contribution is -2.25. The van der Waals surface area contributed by atoms with Gasteiger partial charge in [0, 0.05) is 18.7 Å². The van der Waals surface area contributed by atoms with Crippen LogP contribution in [0.1, 0.15) is 20.3 Å². The third kappa shape index (κ3) is 2.71. The summed E-state index contributed by atoms with van der Waals surface area (Å²) >= 11 is 0. The Morgan fingerprint density at radius 1 is 1.31 bits per heavy atom. The standard InChI is InChI=1S/C13H19F2N/c1-5-11(10(3)4)12(6-2)16-8-7-13(14,15)9-16/h5-6,10H,1-2,7-9H2,3-4H3/b12-11-. The van der Waals surface area contributed by atoms with Crippen molar-refractivity contribution in [2.24, 2.45) is 5.92 Å². The van der Waals surface area contributed by atoms with E-state index in [2.05, 4.69) is 13.2 Å². The Bertz CT molecular complexity index is 316. The molecule has 0 bridgehead atoms. The Balaban J connectivity index is 2.99. The molecule has 0 N–H and O–H groups in total. The molecule has 0 radical (unpaired) electrons. The molecule has 16 heavy (non-hydrogen) atoms. The van der Waals surface area contributed by atoms with Crippen molar-refractivity contribution in [3.63, 3.8) is 0 Å². The second kappa shape index (κ2) is 4.81. The van der Waals surface area contributed by atoms with Crippen LogP contribution < -0.4 is 0 Å². The zero-order valence-electron chi connectivity index (χ0n) is 9.97. The van der Waals surface area contributed by atoms with E-state index in [0.717, 1.165) is 11.3 Å². The average molecular weight is 227 g/mol. The Morgan fingerprint density at radius 2 is 1.94 bits per heavy atom. The molecule has 0 aromatic rings. The molecule has 0 aromatic heterocycles. The molecular weight excluding hydrogens is 208 g/mol. The molecular formula is C13H19F2N. The summed E-state index contributed by atoms with van der Waals surface area (Å²) in [5, 5.41) is 0. The molecule has 1 saturated heterocycles. The zero-order valence-corrected chi connectivity index (χ0v) is 9.97. The first-order valence-electron chi connectivity index (χ1n) is 5.53. The van der Waals surface area contributed by atoms with Crippen LogP contribution in [0.2, 0.25) is 0 Å². The second-order valence-corrected chi connectivity index (χ2v) is 4.43. The van der Waals surface area contributed by atoms with Crippen LogP contribution >= 0.6 is 0 Å². The summed E-state index contributed by atoms with van der Waals surface area (Å²) < 4.78 is 26.3. The van der Waals surface area contributed by atoms with Crippen LogP contribution in [0.5, 0.6) is 0 Å². The fourth-order valence-electron chi connectivity index (χ4n) is 2.01. The molecule has 1 aliphatic heterocycles. The largest absolute Gasteiger partial charge is 0.365 e. The topological polar surface area (TPSA) is 3.24 Å². The average Bonchev–Trinajstić information content (AvgIpc) is 2.54. The van der Waals surface area contributed by atoms with Crippen molar-refractivity contribution in [3.05, 3.63) is 36.6 Å². The SMILES string of the molecule is C=C/C(=C(\C=C)N1CCC(F)(F)C1)C(C)C. The molecule has 1 rings (SSSR count). The van der Waals surface area contributed by atoms with E-state index in [-0.39, 0.29) is 18.9 Å². The van der Waals surface area contributed by atoms with Crippen molar-refractivity contribution in [3.8, 4) is 0 Å². The normalized spacial score (nSPS) is 20.9. The Morgan fingerprint density at radius 3 is 2.25 bits per heavy atom. The van der Waals surface area contributed by atoms with Gasteiger partial charge >= 0.3 is 0 Å². The predicted molar refractivity (Wildman–Crippen MR) is 63.4 cm³/mol. The van der Waals surface area contributed by atoms with Crippen LogP contribution in [0, 0.1) is 5.92 Å². The fourth-order valence-corrected chi connectivity index (χ4v) is 2.01. The summed E-state index contributed by atoms with van der Waals surface area (Å²) in [7, 11) is 0. The van der Waals surface area contributed by atoms with Crippen LogP contribution in [-0.2, 0) is 0 Å². The third-order valence-electron chi connectivity index (χ3n) is 2.84. The highest BCUT2D eigenvalue weighted by atomic mass is 19.3. The number of halogens is 2. The lowest BCUT2D eigenvalue weighted by Gasteiger charge is -2.23. The number of hydrogen-bond acceptors (Lipinski definition) is 1. The molecule has 0 saturated carbocycles. The molecule has 3 heteroatoms. The van der Waals surface area contributed by atoms with Gasteiger partial charge in [-0.2, -0.15) is 0 Å². The number of nitrogens with zero attached hydrogens (tertiary/aromatic N) is 1. The van der Waals surface area contributed by atoms with E-state index in [1.807, 2.05) is 13.8 Å². The molecule has 0 unspecified atom stereocenters. The molecule has 0 amide bonds. The minimum Gasteiger partial charge on any atom is -0.365 e. The molecule has 1 aliphatic rings. The zero-order chi connectivity index (χ0) is 12.3. The van der Waals surface area contributed by atoms with Gasteiger partial charge in [-0.25, -0.2) is 8.78 Å². The van der Waals surface area contributed by atoms with Gasteiger partial charge in [0.15, 0.2) is 0 Å². The van der Waals surface area contributed by atoms with E-state index >= 15 is 0 Å². The van der Waals surface area contributed by atoms with Crippen LogP contribution in [-0.4, -0.2) is 23.9 Å². The maximum absolute atomic E-state index is 13.1. The lowest BCUT2D eigenvalue weighted by atomic mass is 10.0. The first-order chi connectivity index (χ1) is 7.41.